The lowest BCUT2D eigenvalue weighted by Crippen LogP contribution is -2.28. The molecule has 4 nitrogen and oxygen atoms in total. The molecular weight excluding hydrogens is 361 g/mol. The molecule has 0 aliphatic rings. The van der Waals surface area contributed by atoms with Crippen molar-refractivity contribution < 1.29 is 17.6 Å². The summed E-state index contributed by atoms with van der Waals surface area (Å²) in [7, 11) is -3.22. The molecule has 0 spiro atoms. The highest BCUT2D eigenvalue weighted by atomic mass is 32.2. The molecule has 1 N–H and O–H groups in total. The van der Waals surface area contributed by atoms with Crippen LogP contribution < -0.4 is 5.32 Å². The van der Waals surface area contributed by atoms with Crippen molar-refractivity contribution in [2.45, 2.75) is 23.6 Å². The third-order valence-corrected chi connectivity index (χ3v) is 5.73. The largest absolute Gasteiger partial charge is 0.349 e. The highest BCUT2D eigenvalue weighted by Crippen LogP contribution is 2.17. The Bertz CT molecular complexity index is 818. The Morgan fingerprint density at radius 3 is 2.28 bits per heavy atom. The highest BCUT2D eigenvalue weighted by molar-refractivity contribution is 7.99. The number of carbonyl (C=O) groups is 1. The lowest BCUT2D eigenvalue weighted by Gasteiger charge is -2.14. The molecule has 2 rings (SSSR count). The smallest absolute Gasteiger partial charge is 0.230 e. The van der Waals surface area contributed by atoms with Gasteiger partial charge >= 0.3 is 0 Å². The van der Waals surface area contributed by atoms with Gasteiger partial charge in [-0.25, -0.2) is 12.8 Å². The summed E-state index contributed by atoms with van der Waals surface area (Å²) in [5.41, 5.74) is 1.80. The molecule has 0 bridgehead atoms. The van der Waals surface area contributed by atoms with Gasteiger partial charge in [0.15, 0.2) is 9.84 Å². The second-order valence-corrected chi connectivity index (χ2v) is 8.75. The Balaban J connectivity index is 1.82. The number of amides is 1. The van der Waals surface area contributed by atoms with Crippen LogP contribution >= 0.6 is 11.8 Å². The van der Waals surface area contributed by atoms with Gasteiger partial charge in [0, 0.05) is 12.0 Å². The summed E-state index contributed by atoms with van der Waals surface area (Å²) in [6.45, 7) is 1.85. The van der Waals surface area contributed by atoms with Gasteiger partial charge in [-0.1, -0.05) is 24.3 Å². The average molecular weight is 381 g/mol. The molecule has 0 aromatic heterocycles. The molecule has 2 aromatic rings. The van der Waals surface area contributed by atoms with Crippen molar-refractivity contribution in [3.8, 4) is 0 Å². The van der Waals surface area contributed by atoms with Crippen molar-refractivity contribution in [2.75, 3.05) is 12.0 Å². The molecule has 7 heteroatoms. The lowest BCUT2D eigenvalue weighted by molar-refractivity contribution is -0.119. The average Bonchev–Trinajstić information content (AvgIpc) is 2.56. The summed E-state index contributed by atoms with van der Waals surface area (Å²) < 4.78 is 35.7. The third-order valence-electron chi connectivity index (χ3n) is 3.60. The number of hydrogen-bond acceptors (Lipinski definition) is 4. The van der Waals surface area contributed by atoms with Crippen molar-refractivity contribution in [3.63, 3.8) is 0 Å². The molecule has 0 saturated heterocycles. The SMILES string of the molecule is CC(NC(=O)CSCc1ccc(F)cc1)c1ccc(S(C)(=O)=O)cc1. The van der Waals surface area contributed by atoms with E-state index < -0.39 is 9.84 Å². The van der Waals surface area contributed by atoms with Gasteiger partial charge in [0.25, 0.3) is 0 Å². The van der Waals surface area contributed by atoms with E-state index in [-0.39, 0.29) is 22.7 Å². The molecule has 0 saturated carbocycles. The van der Waals surface area contributed by atoms with E-state index in [2.05, 4.69) is 5.32 Å². The van der Waals surface area contributed by atoms with Crippen LogP contribution in [0, 0.1) is 5.82 Å². The van der Waals surface area contributed by atoms with Crippen molar-refractivity contribution in [1.82, 2.24) is 5.32 Å². The van der Waals surface area contributed by atoms with E-state index in [9.17, 15) is 17.6 Å². The number of benzene rings is 2. The summed E-state index contributed by atoms with van der Waals surface area (Å²) in [6.07, 6.45) is 1.16. The van der Waals surface area contributed by atoms with Gasteiger partial charge in [0.05, 0.1) is 16.7 Å². The number of halogens is 1. The molecule has 0 aliphatic heterocycles. The molecule has 1 unspecified atom stereocenters. The van der Waals surface area contributed by atoms with Crippen molar-refractivity contribution >= 4 is 27.5 Å². The fraction of sp³-hybridized carbons (Fsp3) is 0.278. The van der Waals surface area contributed by atoms with Crippen molar-refractivity contribution in [2.24, 2.45) is 0 Å². The molecule has 2 aromatic carbocycles. The minimum Gasteiger partial charge on any atom is -0.349 e. The fourth-order valence-electron chi connectivity index (χ4n) is 2.21. The van der Waals surface area contributed by atoms with E-state index in [1.807, 2.05) is 6.92 Å². The van der Waals surface area contributed by atoms with Gasteiger partial charge in [-0.3, -0.25) is 4.79 Å². The van der Waals surface area contributed by atoms with Gasteiger partial charge < -0.3 is 5.32 Å². The zero-order valence-corrected chi connectivity index (χ0v) is 15.7. The van der Waals surface area contributed by atoms with Gasteiger partial charge in [-0.2, -0.15) is 0 Å². The number of thioether (sulfide) groups is 1. The van der Waals surface area contributed by atoms with Crippen LogP contribution in [0.5, 0.6) is 0 Å². The molecule has 0 aliphatic carbocycles. The molecule has 1 amide bonds. The Labute approximate surface area is 151 Å². The minimum absolute atomic E-state index is 0.105. The number of rotatable bonds is 7. The Kier molecular flexibility index (Phi) is 6.61. The van der Waals surface area contributed by atoms with Crippen LogP contribution in [0.1, 0.15) is 24.1 Å². The molecule has 0 heterocycles. The summed E-state index contributed by atoms with van der Waals surface area (Å²) in [4.78, 5) is 12.3. The van der Waals surface area contributed by atoms with Crippen LogP contribution in [0.3, 0.4) is 0 Å². The lowest BCUT2D eigenvalue weighted by atomic mass is 10.1. The van der Waals surface area contributed by atoms with Crippen LogP contribution in [-0.4, -0.2) is 26.3 Å². The van der Waals surface area contributed by atoms with Crippen LogP contribution in [0.15, 0.2) is 53.4 Å². The van der Waals surface area contributed by atoms with Crippen LogP contribution in [0.25, 0.3) is 0 Å². The van der Waals surface area contributed by atoms with Crippen molar-refractivity contribution in [3.05, 3.63) is 65.5 Å². The predicted octanol–water partition coefficient (Wildman–Crippen LogP) is 3.34. The topological polar surface area (TPSA) is 63.2 Å². The Morgan fingerprint density at radius 1 is 1.12 bits per heavy atom. The Morgan fingerprint density at radius 2 is 1.72 bits per heavy atom. The van der Waals surface area contributed by atoms with Crippen LogP contribution in [-0.2, 0) is 20.4 Å². The van der Waals surface area contributed by atoms with E-state index in [1.165, 1.54) is 36.0 Å². The molecule has 0 fully saturated rings. The summed E-state index contributed by atoms with van der Waals surface area (Å²) in [5, 5.41) is 2.88. The first-order chi connectivity index (χ1) is 11.8. The summed E-state index contributed by atoms with van der Waals surface area (Å²) >= 11 is 1.45. The normalized spacial score (nSPS) is 12.6. The number of nitrogens with one attached hydrogen (secondary N) is 1. The zero-order chi connectivity index (χ0) is 18.4. The van der Waals surface area contributed by atoms with E-state index in [1.54, 1.807) is 24.3 Å². The van der Waals surface area contributed by atoms with Crippen LogP contribution in [0.4, 0.5) is 4.39 Å². The molecule has 1 atom stereocenters. The Hall–Kier alpha value is -1.86. The van der Waals surface area contributed by atoms with Crippen LogP contribution in [0.2, 0.25) is 0 Å². The van der Waals surface area contributed by atoms with E-state index in [0.29, 0.717) is 11.5 Å². The van der Waals surface area contributed by atoms with Gasteiger partial charge in [-0.05, 0) is 42.3 Å². The van der Waals surface area contributed by atoms with Gasteiger partial charge in [-0.15, -0.1) is 11.8 Å². The number of carbonyl (C=O) groups excluding carboxylic acids is 1. The first-order valence-corrected chi connectivity index (χ1v) is 10.7. The van der Waals surface area contributed by atoms with Crippen molar-refractivity contribution in [1.29, 1.82) is 0 Å². The maximum absolute atomic E-state index is 12.8. The summed E-state index contributed by atoms with van der Waals surface area (Å²) in [6, 6.07) is 12.5. The first-order valence-electron chi connectivity index (χ1n) is 7.67. The maximum Gasteiger partial charge on any atom is 0.230 e. The maximum atomic E-state index is 12.8. The zero-order valence-electron chi connectivity index (χ0n) is 14.0. The van der Waals surface area contributed by atoms with E-state index >= 15 is 0 Å². The summed E-state index contributed by atoms with van der Waals surface area (Å²) in [5.74, 6) is 0.544. The molecule has 134 valence electrons. The second kappa shape index (κ2) is 8.49. The molecule has 25 heavy (non-hydrogen) atoms. The predicted molar refractivity (Wildman–Crippen MR) is 98.7 cm³/mol. The highest BCUT2D eigenvalue weighted by Gasteiger charge is 2.12. The van der Waals surface area contributed by atoms with Gasteiger partial charge in [0.1, 0.15) is 5.82 Å². The molecular formula is C18H20FNO3S2. The fourth-order valence-corrected chi connectivity index (χ4v) is 3.64. The number of sulfone groups is 1. The molecule has 0 radical (unpaired) electrons. The first kappa shape index (κ1) is 19.5. The second-order valence-electron chi connectivity index (χ2n) is 5.75. The van der Waals surface area contributed by atoms with Gasteiger partial charge in [0.2, 0.25) is 5.91 Å². The standard InChI is InChI=1S/C18H20FNO3S2/c1-13(15-5-9-17(10-6-15)25(2,22)23)20-18(21)12-24-11-14-3-7-16(19)8-4-14/h3-10,13H,11-12H2,1-2H3,(H,20,21). The minimum atomic E-state index is -3.22. The quantitative estimate of drug-likeness (QED) is 0.799. The number of hydrogen-bond donors (Lipinski definition) is 1. The van der Waals surface area contributed by atoms with E-state index in [4.69, 9.17) is 0 Å². The third kappa shape index (κ3) is 6.17. The monoisotopic (exact) mass is 381 g/mol. The van der Waals surface area contributed by atoms with E-state index in [0.717, 1.165) is 17.4 Å².